The Kier molecular flexibility index (Phi) is 8.01. The maximum Gasteiger partial charge on any atom is 0.244 e. The number of hydrogen-bond donors (Lipinski definition) is 1. The third kappa shape index (κ3) is 6.22. The minimum atomic E-state index is -0.294. The van der Waals surface area contributed by atoms with Crippen molar-refractivity contribution in [3.63, 3.8) is 0 Å². The minimum absolute atomic E-state index is 0.0540. The topological polar surface area (TPSA) is 41.6 Å². The molecule has 2 aromatic carbocycles. The Bertz CT molecular complexity index is 755. The highest BCUT2D eigenvalue weighted by atomic mass is 19.1. The molecule has 0 bridgehead atoms. The lowest BCUT2D eigenvalue weighted by Gasteiger charge is -2.30. The molecule has 1 N–H and O–H groups in total. The van der Waals surface area contributed by atoms with Crippen LogP contribution >= 0.6 is 0 Å². The molecule has 0 aromatic heterocycles. The molecule has 2 aromatic rings. The summed E-state index contributed by atoms with van der Waals surface area (Å²) in [5.41, 5.74) is 1.88. The Morgan fingerprint density at radius 3 is 2.52 bits per heavy atom. The van der Waals surface area contributed by atoms with Crippen LogP contribution in [0.5, 0.6) is 5.75 Å². The molecule has 27 heavy (non-hydrogen) atoms. The highest BCUT2D eigenvalue weighted by molar-refractivity contribution is 5.91. The van der Waals surface area contributed by atoms with Crippen molar-refractivity contribution in [2.45, 2.75) is 19.9 Å². The van der Waals surface area contributed by atoms with Crippen LogP contribution in [0.15, 0.2) is 54.6 Å². The predicted molar refractivity (Wildman–Crippen MR) is 107 cm³/mol. The number of rotatable bonds is 9. The predicted octanol–water partition coefficient (Wildman–Crippen LogP) is 4.05. The summed E-state index contributed by atoms with van der Waals surface area (Å²) in [6, 6.07) is 14.0. The molecule has 0 spiro atoms. The van der Waals surface area contributed by atoms with Gasteiger partial charge in [0.1, 0.15) is 11.6 Å². The number of carbonyl (C=O) groups excluding carboxylic acids is 1. The average molecular weight is 370 g/mol. The molecule has 0 radical (unpaired) electrons. The van der Waals surface area contributed by atoms with Crippen LogP contribution in [-0.2, 0) is 4.79 Å². The smallest absolute Gasteiger partial charge is 0.244 e. The molecule has 2 rings (SSSR count). The lowest BCUT2D eigenvalue weighted by atomic mass is 10.0. The fourth-order valence-electron chi connectivity index (χ4n) is 2.97. The van der Waals surface area contributed by atoms with Crippen molar-refractivity contribution in [3.05, 3.63) is 71.6 Å². The Hall–Kier alpha value is -2.66. The SMILES string of the molecule is CCN(CC)C(CNC(=O)C=Cc1ccc(F)cc1)c1cccc(OC)c1. The minimum Gasteiger partial charge on any atom is -0.497 e. The monoisotopic (exact) mass is 370 g/mol. The summed E-state index contributed by atoms with van der Waals surface area (Å²) in [5.74, 6) is 0.323. The van der Waals surface area contributed by atoms with Gasteiger partial charge in [0.25, 0.3) is 0 Å². The second-order valence-corrected chi connectivity index (χ2v) is 6.14. The number of methoxy groups -OCH3 is 1. The summed E-state index contributed by atoms with van der Waals surface area (Å²) in [6.45, 7) is 6.45. The van der Waals surface area contributed by atoms with Crippen LogP contribution in [0.3, 0.4) is 0 Å². The molecule has 0 saturated carbocycles. The van der Waals surface area contributed by atoms with Gasteiger partial charge in [-0.25, -0.2) is 4.39 Å². The molecule has 144 valence electrons. The molecule has 0 fully saturated rings. The molecule has 1 unspecified atom stereocenters. The van der Waals surface area contributed by atoms with Crippen LogP contribution in [0.1, 0.15) is 31.0 Å². The summed E-state index contributed by atoms with van der Waals surface area (Å²) >= 11 is 0. The van der Waals surface area contributed by atoms with Crippen LogP contribution in [0.4, 0.5) is 4.39 Å². The van der Waals surface area contributed by atoms with E-state index in [1.807, 2.05) is 24.3 Å². The first-order valence-corrected chi connectivity index (χ1v) is 9.16. The molecule has 0 saturated heterocycles. The molecule has 4 nitrogen and oxygen atoms in total. The van der Waals surface area contributed by atoms with Gasteiger partial charge in [0.15, 0.2) is 0 Å². The third-order valence-electron chi connectivity index (χ3n) is 4.50. The largest absolute Gasteiger partial charge is 0.497 e. The average Bonchev–Trinajstić information content (AvgIpc) is 2.70. The molecule has 0 aliphatic rings. The number of nitrogens with zero attached hydrogens (tertiary/aromatic N) is 1. The van der Waals surface area contributed by atoms with Gasteiger partial charge in [-0.05, 0) is 54.6 Å². The molecule has 1 atom stereocenters. The zero-order valence-corrected chi connectivity index (χ0v) is 16.1. The summed E-state index contributed by atoms with van der Waals surface area (Å²) in [5, 5.41) is 2.97. The molecular weight excluding hydrogens is 343 g/mol. The number of likely N-dealkylation sites (N-methyl/N-ethyl adjacent to an activating group) is 1. The van der Waals surface area contributed by atoms with Gasteiger partial charge in [-0.1, -0.05) is 38.1 Å². The first kappa shape index (κ1) is 20.6. The molecule has 1 amide bonds. The zero-order valence-electron chi connectivity index (χ0n) is 16.1. The lowest BCUT2D eigenvalue weighted by Crippen LogP contribution is -2.37. The normalized spacial score (nSPS) is 12.3. The standard InChI is InChI=1S/C22H27FN2O2/c1-4-25(5-2)21(18-7-6-8-20(15-18)27-3)16-24-22(26)14-11-17-9-12-19(23)13-10-17/h6-15,21H,4-5,16H2,1-3H3,(H,24,26). The van der Waals surface area contributed by atoms with Gasteiger partial charge in [0, 0.05) is 12.6 Å². The van der Waals surface area contributed by atoms with Gasteiger partial charge < -0.3 is 10.1 Å². The summed E-state index contributed by atoms with van der Waals surface area (Å²) in [7, 11) is 1.65. The second-order valence-electron chi connectivity index (χ2n) is 6.14. The van der Waals surface area contributed by atoms with Crippen LogP contribution in [0.2, 0.25) is 0 Å². The van der Waals surface area contributed by atoms with Gasteiger partial charge in [0.05, 0.1) is 13.2 Å². The maximum atomic E-state index is 12.9. The van der Waals surface area contributed by atoms with E-state index in [0.29, 0.717) is 6.54 Å². The Morgan fingerprint density at radius 1 is 1.19 bits per heavy atom. The van der Waals surface area contributed by atoms with Crippen LogP contribution in [0.25, 0.3) is 6.08 Å². The maximum absolute atomic E-state index is 12.9. The Balaban J connectivity index is 2.06. The van der Waals surface area contributed by atoms with Crippen molar-refractivity contribution in [1.82, 2.24) is 10.2 Å². The summed E-state index contributed by atoms with van der Waals surface area (Å²) < 4.78 is 18.3. The number of ether oxygens (including phenoxy) is 1. The van der Waals surface area contributed by atoms with Gasteiger partial charge in [0.2, 0.25) is 5.91 Å². The number of halogens is 1. The van der Waals surface area contributed by atoms with Crippen molar-refractivity contribution in [2.24, 2.45) is 0 Å². The first-order chi connectivity index (χ1) is 13.1. The van der Waals surface area contributed by atoms with E-state index in [0.717, 1.165) is 30.0 Å². The third-order valence-corrected chi connectivity index (χ3v) is 4.50. The van der Waals surface area contributed by atoms with Gasteiger partial charge in [-0.2, -0.15) is 0 Å². The fourth-order valence-corrected chi connectivity index (χ4v) is 2.97. The van der Waals surface area contributed by atoms with Gasteiger partial charge in [-0.15, -0.1) is 0 Å². The van der Waals surface area contributed by atoms with E-state index in [1.165, 1.54) is 18.2 Å². The van der Waals surface area contributed by atoms with E-state index in [9.17, 15) is 9.18 Å². The number of benzene rings is 2. The van der Waals surface area contributed by atoms with Crippen LogP contribution < -0.4 is 10.1 Å². The molecule has 5 heteroatoms. The zero-order chi connectivity index (χ0) is 19.6. The molecule has 0 heterocycles. The highest BCUT2D eigenvalue weighted by Gasteiger charge is 2.19. The van der Waals surface area contributed by atoms with Crippen LogP contribution in [-0.4, -0.2) is 37.6 Å². The van der Waals surface area contributed by atoms with Crippen molar-refractivity contribution in [1.29, 1.82) is 0 Å². The first-order valence-electron chi connectivity index (χ1n) is 9.16. The Morgan fingerprint density at radius 2 is 1.89 bits per heavy atom. The highest BCUT2D eigenvalue weighted by Crippen LogP contribution is 2.23. The summed E-state index contributed by atoms with van der Waals surface area (Å²) in [6.07, 6.45) is 3.14. The van der Waals surface area contributed by atoms with Crippen molar-refractivity contribution >= 4 is 12.0 Å². The number of hydrogen-bond acceptors (Lipinski definition) is 3. The van der Waals surface area contributed by atoms with Gasteiger partial charge in [-0.3, -0.25) is 9.69 Å². The summed E-state index contributed by atoms with van der Waals surface area (Å²) in [4.78, 5) is 14.5. The van der Waals surface area contributed by atoms with Crippen molar-refractivity contribution in [2.75, 3.05) is 26.7 Å². The van der Waals surface area contributed by atoms with E-state index in [-0.39, 0.29) is 17.8 Å². The second kappa shape index (κ2) is 10.5. The van der Waals surface area contributed by atoms with E-state index in [2.05, 4.69) is 24.1 Å². The Labute approximate surface area is 160 Å². The van der Waals surface area contributed by atoms with E-state index in [4.69, 9.17) is 4.74 Å². The number of amides is 1. The number of nitrogens with one attached hydrogen (secondary N) is 1. The van der Waals surface area contributed by atoms with Crippen molar-refractivity contribution in [3.8, 4) is 5.75 Å². The van der Waals surface area contributed by atoms with Crippen molar-refractivity contribution < 1.29 is 13.9 Å². The van der Waals surface area contributed by atoms with E-state index >= 15 is 0 Å². The van der Waals surface area contributed by atoms with E-state index in [1.54, 1.807) is 25.3 Å². The lowest BCUT2D eigenvalue weighted by molar-refractivity contribution is -0.116. The number of carbonyl (C=O) groups is 1. The van der Waals surface area contributed by atoms with E-state index < -0.39 is 0 Å². The van der Waals surface area contributed by atoms with Crippen LogP contribution in [0, 0.1) is 5.82 Å². The molecular formula is C22H27FN2O2. The molecule has 0 aliphatic heterocycles. The quantitative estimate of drug-likeness (QED) is 0.677. The fraction of sp³-hybridized carbons (Fsp3) is 0.318. The molecule has 0 aliphatic carbocycles. The van der Waals surface area contributed by atoms with Gasteiger partial charge >= 0.3 is 0 Å².